The fourth-order valence-electron chi connectivity index (χ4n) is 1.78. The van der Waals surface area contributed by atoms with Crippen LogP contribution >= 0.6 is 0 Å². The molecule has 0 saturated heterocycles. The smallest absolute Gasteiger partial charge is 0.272 e. The van der Waals surface area contributed by atoms with Crippen molar-refractivity contribution in [3.63, 3.8) is 0 Å². The Morgan fingerprint density at radius 3 is 2.62 bits per heavy atom. The van der Waals surface area contributed by atoms with Crippen molar-refractivity contribution in [2.24, 2.45) is 5.73 Å². The summed E-state index contributed by atoms with van der Waals surface area (Å²) in [7, 11) is -4.10. The molecule has 1 rings (SSSR count). The van der Waals surface area contributed by atoms with Crippen molar-refractivity contribution in [3.8, 4) is 0 Å². The number of hydrogen-bond donors (Lipinski definition) is 2. The molecule has 21 heavy (non-hydrogen) atoms. The van der Waals surface area contributed by atoms with Crippen LogP contribution in [-0.2, 0) is 10.0 Å². The molecule has 0 radical (unpaired) electrons. The first-order valence-electron chi connectivity index (χ1n) is 6.48. The minimum absolute atomic E-state index is 0.0911. The third-order valence-corrected chi connectivity index (χ3v) is 4.48. The molecule has 0 aromatic heterocycles. The van der Waals surface area contributed by atoms with Crippen molar-refractivity contribution in [1.29, 1.82) is 0 Å². The summed E-state index contributed by atoms with van der Waals surface area (Å²) < 4.78 is 40.3. The largest absolute Gasteiger partial charge is 0.329 e. The van der Waals surface area contributed by atoms with Crippen LogP contribution in [0.1, 0.15) is 26.2 Å². The Bertz CT molecular complexity index is 607. The highest BCUT2D eigenvalue weighted by atomic mass is 32.2. The van der Waals surface area contributed by atoms with Crippen LogP contribution < -0.4 is 10.5 Å². The molecule has 3 N–H and O–H groups in total. The molecule has 0 amide bonds. The highest BCUT2D eigenvalue weighted by Gasteiger charge is 2.24. The van der Waals surface area contributed by atoms with E-state index in [0.29, 0.717) is 12.5 Å². The van der Waals surface area contributed by atoms with Gasteiger partial charge in [-0.25, -0.2) is 17.5 Å². The second-order valence-corrected chi connectivity index (χ2v) is 6.25. The Morgan fingerprint density at radius 2 is 2.14 bits per heavy atom. The van der Waals surface area contributed by atoms with Gasteiger partial charge in [0.2, 0.25) is 10.0 Å². The Kier molecular flexibility index (Phi) is 6.19. The van der Waals surface area contributed by atoms with Gasteiger partial charge in [-0.2, -0.15) is 0 Å². The average molecular weight is 319 g/mol. The monoisotopic (exact) mass is 319 g/mol. The van der Waals surface area contributed by atoms with Crippen molar-refractivity contribution in [1.82, 2.24) is 4.72 Å². The number of unbranched alkanes of at least 4 members (excludes halogenated alkanes) is 1. The van der Waals surface area contributed by atoms with Crippen LogP contribution in [0.4, 0.5) is 10.1 Å². The summed E-state index contributed by atoms with van der Waals surface area (Å²) in [5, 5.41) is 10.5. The maximum absolute atomic E-state index is 13.8. The van der Waals surface area contributed by atoms with E-state index in [9.17, 15) is 22.9 Å². The number of benzene rings is 1. The van der Waals surface area contributed by atoms with Crippen molar-refractivity contribution in [2.75, 3.05) is 6.54 Å². The summed E-state index contributed by atoms with van der Waals surface area (Å²) in [5.41, 5.74) is 4.98. The molecule has 0 heterocycles. The average Bonchev–Trinajstić information content (AvgIpc) is 2.42. The highest BCUT2D eigenvalue weighted by Crippen LogP contribution is 2.20. The van der Waals surface area contributed by atoms with Crippen LogP contribution in [-0.4, -0.2) is 25.9 Å². The Morgan fingerprint density at radius 1 is 1.48 bits per heavy atom. The number of nitro groups is 1. The standard InChI is InChI=1S/C12H18FN3O4S/c1-2-3-4-9(8-14)15-21(19,20)12-6-5-10(16(17)18)7-11(12)13/h5-7,9,15H,2-4,8,14H2,1H3. The minimum Gasteiger partial charge on any atom is -0.329 e. The summed E-state index contributed by atoms with van der Waals surface area (Å²) in [6.45, 7) is 2.05. The zero-order valence-corrected chi connectivity index (χ0v) is 12.4. The number of nitro benzene ring substituents is 1. The molecule has 0 bridgehead atoms. The van der Waals surface area contributed by atoms with Gasteiger partial charge in [0.05, 0.1) is 11.0 Å². The second kappa shape index (κ2) is 7.43. The van der Waals surface area contributed by atoms with Crippen LogP contribution in [0, 0.1) is 15.9 Å². The van der Waals surface area contributed by atoms with E-state index < -0.39 is 37.4 Å². The Labute approximate surface area is 122 Å². The molecular formula is C12H18FN3O4S. The molecule has 1 atom stereocenters. The van der Waals surface area contributed by atoms with E-state index in [1.54, 1.807) is 0 Å². The van der Waals surface area contributed by atoms with Gasteiger partial charge in [0, 0.05) is 18.7 Å². The first-order valence-corrected chi connectivity index (χ1v) is 7.96. The molecule has 7 nitrogen and oxygen atoms in total. The number of hydrogen-bond acceptors (Lipinski definition) is 5. The zero-order valence-electron chi connectivity index (χ0n) is 11.6. The summed E-state index contributed by atoms with van der Waals surface area (Å²) in [4.78, 5) is 9.10. The van der Waals surface area contributed by atoms with E-state index in [-0.39, 0.29) is 6.54 Å². The van der Waals surface area contributed by atoms with Crippen molar-refractivity contribution in [3.05, 3.63) is 34.1 Å². The molecule has 0 spiro atoms. The zero-order chi connectivity index (χ0) is 16.0. The molecule has 1 aromatic rings. The lowest BCUT2D eigenvalue weighted by molar-refractivity contribution is -0.385. The van der Waals surface area contributed by atoms with Crippen LogP contribution in [0.3, 0.4) is 0 Å². The van der Waals surface area contributed by atoms with Gasteiger partial charge in [-0.3, -0.25) is 10.1 Å². The van der Waals surface area contributed by atoms with E-state index in [2.05, 4.69) is 4.72 Å². The van der Waals surface area contributed by atoms with Crippen LogP contribution in [0.5, 0.6) is 0 Å². The van der Waals surface area contributed by atoms with Gasteiger partial charge in [0.15, 0.2) is 0 Å². The number of nitrogens with zero attached hydrogens (tertiary/aromatic N) is 1. The molecule has 0 aliphatic rings. The predicted octanol–water partition coefficient (Wildman–Crippen LogP) is 1.53. The molecule has 0 aliphatic heterocycles. The van der Waals surface area contributed by atoms with Gasteiger partial charge >= 0.3 is 0 Å². The maximum Gasteiger partial charge on any atom is 0.272 e. The van der Waals surface area contributed by atoms with E-state index in [1.165, 1.54) is 0 Å². The number of nitrogens with two attached hydrogens (primary N) is 1. The van der Waals surface area contributed by atoms with Crippen molar-refractivity contribution >= 4 is 15.7 Å². The summed E-state index contributed by atoms with van der Waals surface area (Å²) in [5.74, 6) is -1.16. The lowest BCUT2D eigenvalue weighted by Crippen LogP contribution is -2.40. The number of nitrogens with one attached hydrogen (secondary N) is 1. The van der Waals surface area contributed by atoms with Crippen molar-refractivity contribution < 1.29 is 17.7 Å². The summed E-state index contributed by atoms with van der Waals surface area (Å²) in [6.07, 6.45) is 2.21. The van der Waals surface area contributed by atoms with E-state index >= 15 is 0 Å². The molecule has 0 fully saturated rings. The fraction of sp³-hybridized carbons (Fsp3) is 0.500. The number of sulfonamides is 1. The quantitative estimate of drug-likeness (QED) is 0.557. The SMILES string of the molecule is CCCCC(CN)NS(=O)(=O)c1ccc([N+](=O)[O-])cc1F. The van der Waals surface area contributed by atoms with Gasteiger partial charge in [-0.1, -0.05) is 19.8 Å². The van der Waals surface area contributed by atoms with E-state index in [4.69, 9.17) is 5.73 Å². The summed E-state index contributed by atoms with van der Waals surface area (Å²) in [6, 6.07) is 1.91. The summed E-state index contributed by atoms with van der Waals surface area (Å²) >= 11 is 0. The van der Waals surface area contributed by atoms with E-state index in [0.717, 1.165) is 25.0 Å². The number of non-ortho nitro benzene ring substituents is 1. The lowest BCUT2D eigenvalue weighted by Gasteiger charge is -2.16. The topological polar surface area (TPSA) is 115 Å². The molecule has 1 aromatic carbocycles. The molecule has 9 heteroatoms. The third kappa shape index (κ3) is 4.73. The van der Waals surface area contributed by atoms with Gasteiger partial charge in [0.1, 0.15) is 10.7 Å². The minimum atomic E-state index is -4.10. The molecule has 118 valence electrons. The third-order valence-electron chi connectivity index (χ3n) is 2.93. The second-order valence-electron chi connectivity index (χ2n) is 4.57. The molecule has 0 saturated carbocycles. The highest BCUT2D eigenvalue weighted by molar-refractivity contribution is 7.89. The number of halogens is 1. The predicted molar refractivity (Wildman–Crippen MR) is 75.7 cm³/mol. The van der Waals surface area contributed by atoms with Crippen LogP contribution in [0.15, 0.2) is 23.1 Å². The maximum atomic E-state index is 13.8. The van der Waals surface area contributed by atoms with Gasteiger partial charge < -0.3 is 5.73 Å². The molecule has 0 aliphatic carbocycles. The van der Waals surface area contributed by atoms with E-state index in [1.807, 2.05) is 6.92 Å². The lowest BCUT2D eigenvalue weighted by atomic mass is 10.1. The Hall–Kier alpha value is -1.58. The van der Waals surface area contributed by atoms with Gasteiger partial charge in [0.25, 0.3) is 5.69 Å². The van der Waals surface area contributed by atoms with Gasteiger partial charge in [-0.05, 0) is 12.5 Å². The van der Waals surface area contributed by atoms with Crippen LogP contribution in [0.25, 0.3) is 0 Å². The first-order chi connectivity index (χ1) is 9.81. The fourth-order valence-corrected chi connectivity index (χ4v) is 3.12. The van der Waals surface area contributed by atoms with Crippen LogP contribution in [0.2, 0.25) is 0 Å². The number of rotatable bonds is 8. The van der Waals surface area contributed by atoms with Crippen molar-refractivity contribution in [2.45, 2.75) is 37.1 Å². The Balaban J connectivity index is 2.99. The first kappa shape index (κ1) is 17.5. The molecule has 1 unspecified atom stereocenters. The molecular weight excluding hydrogens is 301 g/mol. The van der Waals surface area contributed by atoms with Gasteiger partial charge in [-0.15, -0.1) is 0 Å². The normalized spacial score (nSPS) is 13.1.